The average Bonchev–Trinajstić information content (AvgIpc) is 3.32. The van der Waals surface area contributed by atoms with E-state index in [-0.39, 0.29) is 10.8 Å². The highest BCUT2D eigenvalue weighted by Crippen LogP contribution is 2.36. The van der Waals surface area contributed by atoms with Crippen LogP contribution in [0.25, 0.3) is 11.4 Å². The largest absolute Gasteiger partial charge is 0.337 e. The second-order valence-electron chi connectivity index (χ2n) is 6.19. The number of sulfonamides is 1. The Kier molecular flexibility index (Phi) is 4.71. The van der Waals surface area contributed by atoms with E-state index >= 15 is 0 Å². The highest BCUT2D eigenvalue weighted by molar-refractivity contribution is 7.89. The molecule has 1 aromatic heterocycles. The smallest absolute Gasteiger partial charge is 0.245 e. The lowest BCUT2D eigenvalue weighted by molar-refractivity contribution is 0.290. The van der Waals surface area contributed by atoms with E-state index < -0.39 is 21.9 Å². The zero-order valence-corrected chi connectivity index (χ0v) is 15.6. The maximum atomic E-state index is 13.1. The van der Waals surface area contributed by atoms with Crippen molar-refractivity contribution in [1.29, 1.82) is 0 Å². The first-order valence-electron chi connectivity index (χ1n) is 8.32. The van der Waals surface area contributed by atoms with Gasteiger partial charge >= 0.3 is 0 Å². The maximum absolute atomic E-state index is 13.1. The fourth-order valence-corrected chi connectivity index (χ4v) is 4.88. The highest BCUT2D eigenvalue weighted by Gasteiger charge is 2.39. The van der Waals surface area contributed by atoms with Crippen LogP contribution in [-0.2, 0) is 10.0 Å². The molecule has 6 nitrogen and oxygen atoms in total. The summed E-state index contributed by atoms with van der Waals surface area (Å²) in [6.45, 7) is 0.336. The van der Waals surface area contributed by atoms with Crippen molar-refractivity contribution < 1.29 is 17.3 Å². The lowest BCUT2D eigenvalue weighted by atomic mass is 10.2. The van der Waals surface area contributed by atoms with E-state index in [9.17, 15) is 12.8 Å². The summed E-state index contributed by atoms with van der Waals surface area (Å²) in [7, 11) is -3.79. The first kappa shape index (κ1) is 18.1. The molecule has 1 aliphatic rings. The summed E-state index contributed by atoms with van der Waals surface area (Å²) in [6.07, 6.45) is 1.24. The van der Waals surface area contributed by atoms with Gasteiger partial charge in [0, 0.05) is 17.1 Å². The Balaban J connectivity index is 1.64. The van der Waals surface area contributed by atoms with E-state index in [1.807, 2.05) is 0 Å². The molecule has 1 saturated heterocycles. The van der Waals surface area contributed by atoms with E-state index in [1.165, 1.54) is 16.4 Å². The Hall–Kier alpha value is -2.29. The Morgan fingerprint density at radius 1 is 1.11 bits per heavy atom. The van der Waals surface area contributed by atoms with Crippen molar-refractivity contribution in [3.63, 3.8) is 0 Å². The minimum absolute atomic E-state index is 0.0354. The first-order chi connectivity index (χ1) is 12.9. The SMILES string of the molecule is O=S(=O)(c1ccc(F)cc1)N1CCCC1c1nc(-c2ccc(Cl)cc2)no1. The summed E-state index contributed by atoms with van der Waals surface area (Å²) in [5.74, 6) is 0.118. The summed E-state index contributed by atoms with van der Waals surface area (Å²) in [5, 5.41) is 4.55. The van der Waals surface area contributed by atoms with Gasteiger partial charge in [-0.05, 0) is 61.4 Å². The van der Waals surface area contributed by atoms with Crippen molar-refractivity contribution in [2.24, 2.45) is 0 Å². The van der Waals surface area contributed by atoms with Crippen LogP contribution in [0.3, 0.4) is 0 Å². The van der Waals surface area contributed by atoms with Gasteiger partial charge in [0.1, 0.15) is 11.9 Å². The third kappa shape index (κ3) is 3.47. The van der Waals surface area contributed by atoms with E-state index in [4.69, 9.17) is 16.1 Å². The molecule has 0 spiro atoms. The number of aromatic nitrogens is 2. The molecule has 0 bridgehead atoms. The quantitative estimate of drug-likeness (QED) is 0.652. The van der Waals surface area contributed by atoms with Crippen LogP contribution in [0.15, 0.2) is 57.9 Å². The highest BCUT2D eigenvalue weighted by atomic mass is 35.5. The molecule has 0 N–H and O–H groups in total. The third-order valence-corrected chi connectivity index (χ3v) is 6.63. The molecule has 3 aromatic rings. The lowest BCUT2D eigenvalue weighted by Gasteiger charge is -2.21. The van der Waals surface area contributed by atoms with Crippen LogP contribution in [0.1, 0.15) is 24.8 Å². The molecular formula is C18H15ClFN3O3S. The van der Waals surface area contributed by atoms with E-state index in [0.717, 1.165) is 17.7 Å². The molecule has 2 heterocycles. The van der Waals surface area contributed by atoms with Gasteiger partial charge in [0.2, 0.25) is 21.7 Å². The van der Waals surface area contributed by atoms with Crippen LogP contribution >= 0.6 is 11.6 Å². The van der Waals surface area contributed by atoms with E-state index in [1.54, 1.807) is 24.3 Å². The molecule has 1 aliphatic heterocycles. The molecule has 1 atom stereocenters. The summed E-state index contributed by atoms with van der Waals surface area (Å²) in [5.41, 5.74) is 0.723. The number of halogens is 2. The van der Waals surface area contributed by atoms with Crippen molar-refractivity contribution in [2.75, 3.05) is 6.54 Å². The van der Waals surface area contributed by atoms with Crippen LogP contribution in [0.5, 0.6) is 0 Å². The van der Waals surface area contributed by atoms with Gasteiger partial charge < -0.3 is 4.52 Å². The third-order valence-electron chi connectivity index (χ3n) is 4.45. The van der Waals surface area contributed by atoms with Gasteiger partial charge in [0.15, 0.2) is 0 Å². The van der Waals surface area contributed by atoms with Crippen LogP contribution in [0.2, 0.25) is 5.02 Å². The maximum Gasteiger partial charge on any atom is 0.245 e. The molecule has 0 saturated carbocycles. The van der Waals surface area contributed by atoms with Crippen molar-refractivity contribution >= 4 is 21.6 Å². The van der Waals surface area contributed by atoms with Gasteiger partial charge in [0.25, 0.3) is 0 Å². The number of hydrogen-bond donors (Lipinski definition) is 0. The second kappa shape index (κ2) is 7.03. The number of hydrogen-bond acceptors (Lipinski definition) is 5. The topological polar surface area (TPSA) is 76.3 Å². The standard InChI is InChI=1S/C18H15ClFN3O3S/c19-13-5-3-12(4-6-13)17-21-18(26-22-17)16-2-1-11-23(16)27(24,25)15-9-7-14(20)8-10-15/h3-10,16H,1-2,11H2. The molecule has 1 fully saturated rings. The van der Waals surface area contributed by atoms with Crippen molar-refractivity contribution in [3.8, 4) is 11.4 Å². The van der Waals surface area contributed by atoms with Crippen LogP contribution < -0.4 is 0 Å². The van der Waals surface area contributed by atoms with Crippen LogP contribution in [0, 0.1) is 5.82 Å². The molecule has 2 aromatic carbocycles. The Labute approximate surface area is 160 Å². The van der Waals surface area contributed by atoms with Crippen LogP contribution in [0.4, 0.5) is 4.39 Å². The molecule has 0 amide bonds. The number of benzene rings is 2. The lowest BCUT2D eigenvalue weighted by Crippen LogP contribution is -2.30. The van der Waals surface area contributed by atoms with Gasteiger partial charge in [-0.1, -0.05) is 16.8 Å². The Bertz CT molecular complexity index is 1050. The average molecular weight is 408 g/mol. The summed E-state index contributed by atoms with van der Waals surface area (Å²) in [4.78, 5) is 4.41. The molecular weight excluding hydrogens is 393 g/mol. The Morgan fingerprint density at radius 3 is 2.52 bits per heavy atom. The zero-order chi connectivity index (χ0) is 19.0. The summed E-state index contributed by atoms with van der Waals surface area (Å²) >= 11 is 5.88. The monoisotopic (exact) mass is 407 g/mol. The molecule has 140 valence electrons. The molecule has 9 heteroatoms. The van der Waals surface area contributed by atoms with Crippen molar-refractivity contribution in [1.82, 2.24) is 14.4 Å². The minimum Gasteiger partial charge on any atom is -0.337 e. The predicted octanol–water partition coefficient (Wildman–Crippen LogP) is 4.05. The molecule has 27 heavy (non-hydrogen) atoms. The minimum atomic E-state index is -3.79. The van der Waals surface area contributed by atoms with Gasteiger partial charge in [-0.15, -0.1) is 0 Å². The van der Waals surface area contributed by atoms with Gasteiger partial charge in [-0.2, -0.15) is 9.29 Å². The summed E-state index contributed by atoms with van der Waals surface area (Å²) in [6, 6.07) is 11.2. The Morgan fingerprint density at radius 2 is 1.81 bits per heavy atom. The molecule has 0 aliphatic carbocycles. The fraction of sp³-hybridized carbons (Fsp3) is 0.222. The number of rotatable bonds is 4. The molecule has 4 rings (SSSR count). The fourth-order valence-electron chi connectivity index (χ4n) is 3.10. The van der Waals surface area contributed by atoms with Gasteiger partial charge in [-0.25, -0.2) is 12.8 Å². The van der Waals surface area contributed by atoms with Gasteiger partial charge in [-0.3, -0.25) is 0 Å². The van der Waals surface area contributed by atoms with Crippen molar-refractivity contribution in [3.05, 3.63) is 65.3 Å². The second-order valence-corrected chi connectivity index (χ2v) is 8.52. The van der Waals surface area contributed by atoms with Crippen LogP contribution in [-0.4, -0.2) is 29.4 Å². The van der Waals surface area contributed by atoms with E-state index in [2.05, 4.69) is 10.1 Å². The zero-order valence-electron chi connectivity index (χ0n) is 14.0. The van der Waals surface area contributed by atoms with Crippen molar-refractivity contribution in [2.45, 2.75) is 23.8 Å². The normalized spacial score (nSPS) is 18.1. The first-order valence-corrected chi connectivity index (χ1v) is 10.1. The van der Waals surface area contributed by atoms with E-state index in [0.29, 0.717) is 30.2 Å². The predicted molar refractivity (Wildman–Crippen MR) is 97.0 cm³/mol. The number of nitrogens with zero attached hydrogens (tertiary/aromatic N) is 3. The molecule has 0 radical (unpaired) electrons. The summed E-state index contributed by atoms with van der Waals surface area (Å²) < 4.78 is 45.7. The molecule has 1 unspecified atom stereocenters. The van der Waals surface area contributed by atoms with Gasteiger partial charge in [0.05, 0.1) is 4.90 Å².